The van der Waals surface area contributed by atoms with Crippen LogP contribution in [0.5, 0.6) is 5.88 Å². The number of aliphatic carboxylic acids is 1. The molecule has 0 aliphatic heterocycles. The summed E-state index contributed by atoms with van der Waals surface area (Å²) in [5.74, 6) is -0.422. The molecule has 0 amide bonds. The third-order valence-corrected chi connectivity index (χ3v) is 1.63. The van der Waals surface area contributed by atoms with Crippen LogP contribution in [0.3, 0.4) is 0 Å². The van der Waals surface area contributed by atoms with Gasteiger partial charge in [0.2, 0.25) is 5.88 Å². The molecule has 0 aliphatic rings. The van der Waals surface area contributed by atoms with Crippen molar-refractivity contribution < 1.29 is 14.6 Å². The SMILES string of the molecule is C=CCOc1c(CC(=O)O)cnn1C. The normalized spacial score (nSPS) is 9.79. The van der Waals surface area contributed by atoms with Gasteiger partial charge >= 0.3 is 5.97 Å². The van der Waals surface area contributed by atoms with E-state index in [1.165, 1.54) is 10.9 Å². The number of aryl methyl sites for hydroxylation is 1. The maximum atomic E-state index is 10.5. The topological polar surface area (TPSA) is 64.3 Å². The van der Waals surface area contributed by atoms with Gasteiger partial charge in [0.15, 0.2) is 0 Å². The van der Waals surface area contributed by atoms with E-state index in [4.69, 9.17) is 9.84 Å². The molecule has 0 atom stereocenters. The minimum Gasteiger partial charge on any atom is -0.481 e. The molecule has 0 aliphatic carbocycles. The third kappa shape index (κ3) is 2.35. The van der Waals surface area contributed by atoms with E-state index in [1.54, 1.807) is 13.1 Å². The van der Waals surface area contributed by atoms with Gasteiger partial charge in [-0.15, -0.1) is 0 Å². The second kappa shape index (κ2) is 4.45. The summed E-state index contributed by atoms with van der Waals surface area (Å²) >= 11 is 0. The van der Waals surface area contributed by atoms with Crippen LogP contribution in [-0.2, 0) is 18.3 Å². The van der Waals surface area contributed by atoms with Crippen LogP contribution in [0.1, 0.15) is 5.56 Å². The summed E-state index contributed by atoms with van der Waals surface area (Å²) in [7, 11) is 1.70. The lowest BCUT2D eigenvalue weighted by molar-refractivity contribution is -0.136. The molecule has 5 nitrogen and oxygen atoms in total. The van der Waals surface area contributed by atoms with Crippen LogP contribution < -0.4 is 4.74 Å². The van der Waals surface area contributed by atoms with Crippen molar-refractivity contribution in [2.24, 2.45) is 7.05 Å². The van der Waals surface area contributed by atoms with Crippen LogP contribution in [-0.4, -0.2) is 27.5 Å². The maximum Gasteiger partial charge on any atom is 0.308 e. The Morgan fingerprint density at radius 3 is 3.14 bits per heavy atom. The summed E-state index contributed by atoms with van der Waals surface area (Å²) < 4.78 is 6.78. The van der Waals surface area contributed by atoms with Gasteiger partial charge in [0.25, 0.3) is 0 Å². The van der Waals surface area contributed by atoms with E-state index in [-0.39, 0.29) is 6.42 Å². The van der Waals surface area contributed by atoms with Crippen LogP contribution in [0.15, 0.2) is 18.9 Å². The molecule has 1 rings (SSSR count). The molecule has 0 aromatic carbocycles. The Kier molecular flexibility index (Phi) is 3.28. The van der Waals surface area contributed by atoms with Gasteiger partial charge in [-0.2, -0.15) is 5.10 Å². The fraction of sp³-hybridized carbons (Fsp3) is 0.333. The number of hydrogen-bond acceptors (Lipinski definition) is 3. The molecule has 5 heteroatoms. The molecule has 0 saturated heterocycles. The van der Waals surface area contributed by atoms with Crippen molar-refractivity contribution >= 4 is 5.97 Å². The second-order valence-corrected chi connectivity index (χ2v) is 2.77. The Morgan fingerprint density at radius 1 is 1.86 bits per heavy atom. The number of hydrogen-bond donors (Lipinski definition) is 1. The zero-order chi connectivity index (χ0) is 10.6. The molecule has 0 spiro atoms. The number of aromatic nitrogens is 2. The Balaban J connectivity index is 2.82. The molecular weight excluding hydrogens is 184 g/mol. The van der Waals surface area contributed by atoms with Gasteiger partial charge in [0.05, 0.1) is 12.6 Å². The summed E-state index contributed by atoms with van der Waals surface area (Å²) in [4.78, 5) is 10.5. The van der Waals surface area contributed by atoms with E-state index >= 15 is 0 Å². The van der Waals surface area contributed by atoms with Crippen molar-refractivity contribution in [2.45, 2.75) is 6.42 Å². The van der Waals surface area contributed by atoms with Crippen molar-refractivity contribution in [3.05, 3.63) is 24.4 Å². The molecule has 0 unspecified atom stereocenters. The van der Waals surface area contributed by atoms with Gasteiger partial charge in [-0.25, -0.2) is 4.68 Å². The van der Waals surface area contributed by atoms with E-state index in [0.717, 1.165) is 0 Å². The first-order valence-corrected chi connectivity index (χ1v) is 4.11. The van der Waals surface area contributed by atoms with Crippen LogP contribution >= 0.6 is 0 Å². The van der Waals surface area contributed by atoms with Crippen molar-refractivity contribution in [3.8, 4) is 5.88 Å². The molecule has 1 aromatic rings. The molecule has 1 aromatic heterocycles. The largest absolute Gasteiger partial charge is 0.481 e. The van der Waals surface area contributed by atoms with E-state index in [1.807, 2.05) is 0 Å². The fourth-order valence-electron chi connectivity index (χ4n) is 1.08. The number of nitrogens with zero attached hydrogens (tertiary/aromatic N) is 2. The first-order chi connectivity index (χ1) is 6.65. The Morgan fingerprint density at radius 2 is 2.57 bits per heavy atom. The van der Waals surface area contributed by atoms with Crippen LogP contribution in [0.4, 0.5) is 0 Å². The Hall–Kier alpha value is -1.78. The van der Waals surface area contributed by atoms with E-state index in [2.05, 4.69) is 11.7 Å². The summed E-state index contributed by atoms with van der Waals surface area (Å²) in [5.41, 5.74) is 0.571. The predicted molar refractivity (Wildman–Crippen MR) is 50.2 cm³/mol. The monoisotopic (exact) mass is 196 g/mol. The average molecular weight is 196 g/mol. The van der Waals surface area contributed by atoms with Gasteiger partial charge in [0, 0.05) is 12.6 Å². The smallest absolute Gasteiger partial charge is 0.308 e. The highest BCUT2D eigenvalue weighted by molar-refractivity contribution is 5.70. The molecular formula is C9H12N2O3. The van der Waals surface area contributed by atoms with Gasteiger partial charge in [-0.1, -0.05) is 12.7 Å². The minimum absolute atomic E-state index is 0.0830. The predicted octanol–water partition coefficient (Wildman–Crippen LogP) is 0.612. The van der Waals surface area contributed by atoms with Crippen LogP contribution in [0.25, 0.3) is 0 Å². The first-order valence-electron chi connectivity index (χ1n) is 4.11. The van der Waals surface area contributed by atoms with Crippen molar-refractivity contribution in [3.63, 3.8) is 0 Å². The molecule has 1 N–H and O–H groups in total. The third-order valence-electron chi connectivity index (χ3n) is 1.63. The summed E-state index contributed by atoms with van der Waals surface area (Å²) in [6.07, 6.45) is 3.00. The number of ether oxygens (including phenoxy) is 1. The number of carboxylic acid groups (broad SMARTS) is 1. The van der Waals surface area contributed by atoms with Crippen LogP contribution in [0.2, 0.25) is 0 Å². The first kappa shape index (κ1) is 10.3. The highest BCUT2D eigenvalue weighted by atomic mass is 16.5. The van der Waals surface area contributed by atoms with E-state index in [0.29, 0.717) is 18.1 Å². The maximum absolute atomic E-state index is 10.5. The highest BCUT2D eigenvalue weighted by Crippen LogP contribution is 2.17. The summed E-state index contributed by atoms with van der Waals surface area (Å²) in [6, 6.07) is 0. The van der Waals surface area contributed by atoms with Crippen molar-refractivity contribution in [1.82, 2.24) is 9.78 Å². The number of rotatable bonds is 5. The highest BCUT2D eigenvalue weighted by Gasteiger charge is 2.12. The zero-order valence-electron chi connectivity index (χ0n) is 7.93. The summed E-state index contributed by atoms with van der Waals surface area (Å²) in [6.45, 7) is 3.85. The molecule has 0 fully saturated rings. The molecule has 0 bridgehead atoms. The molecule has 0 saturated carbocycles. The number of carbonyl (C=O) groups is 1. The van der Waals surface area contributed by atoms with Gasteiger partial charge in [-0.3, -0.25) is 4.79 Å². The van der Waals surface area contributed by atoms with E-state index < -0.39 is 5.97 Å². The lowest BCUT2D eigenvalue weighted by atomic mass is 10.2. The Labute approximate surface area is 81.6 Å². The zero-order valence-corrected chi connectivity index (χ0v) is 7.93. The average Bonchev–Trinajstić information content (AvgIpc) is 2.44. The van der Waals surface area contributed by atoms with Crippen molar-refractivity contribution in [1.29, 1.82) is 0 Å². The van der Waals surface area contributed by atoms with Gasteiger partial charge < -0.3 is 9.84 Å². The quantitative estimate of drug-likeness (QED) is 0.701. The van der Waals surface area contributed by atoms with Gasteiger partial charge in [0.1, 0.15) is 6.61 Å². The molecule has 14 heavy (non-hydrogen) atoms. The standard InChI is InChI=1S/C9H12N2O3/c1-3-4-14-9-7(5-8(12)13)6-10-11(9)2/h3,6H,1,4-5H2,2H3,(H,12,13). The van der Waals surface area contributed by atoms with Crippen LogP contribution in [0, 0.1) is 0 Å². The minimum atomic E-state index is -0.901. The second-order valence-electron chi connectivity index (χ2n) is 2.77. The molecule has 76 valence electrons. The summed E-state index contributed by atoms with van der Waals surface area (Å²) in [5, 5.41) is 12.5. The molecule has 1 heterocycles. The van der Waals surface area contributed by atoms with E-state index in [9.17, 15) is 4.79 Å². The van der Waals surface area contributed by atoms with Gasteiger partial charge in [-0.05, 0) is 0 Å². The van der Waals surface area contributed by atoms with Crippen molar-refractivity contribution in [2.75, 3.05) is 6.61 Å². The molecule has 0 radical (unpaired) electrons. The lowest BCUT2D eigenvalue weighted by Gasteiger charge is -2.04. The number of carboxylic acids is 1. The lowest BCUT2D eigenvalue weighted by Crippen LogP contribution is -2.05. The Bertz CT molecular complexity index is 344. The fourth-order valence-corrected chi connectivity index (χ4v) is 1.08.